The first-order valence-electron chi connectivity index (χ1n) is 10.2. The van der Waals surface area contributed by atoms with Gasteiger partial charge in [0, 0.05) is 16.2 Å². The number of aliphatic hydroxyl groups is 3. The van der Waals surface area contributed by atoms with Gasteiger partial charge in [0.1, 0.15) is 29.9 Å². The number of hydrogen-bond acceptors (Lipinski definition) is 7. The minimum absolute atomic E-state index is 0.578. The predicted octanol–water partition coefficient (Wildman–Crippen LogP) is 3.29. The zero-order valence-corrected chi connectivity index (χ0v) is 18.8. The van der Waals surface area contributed by atoms with Crippen LogP contribution in [-0.4, -0.2) is 58.5 Å². The minimum Gasteiger partial charge on any atom is -0.387 e. The molecule has 30 heavy (non-hydrogen) atoms. The fourth-order valence-electron chi connectivity index (χ4n) is 3.96. The van der Waals surface area contributed by atoms with Crippen molar-refractivity contribution in [2.24, 2.45) is 0 Å². The number of thioether (sulfide) groups is 1. The Morgan fingerprint density at radius 3 is 2.67 bits per heavy atom. The number of aliphatic hydroxyl groups excluding tert-OH is 3. The summed E-state index contributed by atoms with van der Waals surface area (Å²) in [4.78, 5) is 2.58. The van der Waals surface area contributed by atoms with Gasteiger partial charge in [0.25, 0.3) is 0 Å². The van der Waals surface area contributed by atoms with E-state index in [1.54, 1.807) is 0 Å². The quantitative estimate of drug-likeness (QED) is 0.652. The van der Waals surface area contributed by atoms with Crippen LogP contribution >= 0.6 is 23.1 Å². The van der Waals surface area contributed by atoms with Crippen molar-refractivity contribution in [1.82, 2.24) is 0 Å². The van der Waals surface area contributed by atoms with Crippen LogP contribution in [0.2, 0.25) is 0 Å². The molecule has 162 valence electrons. The molecule has 5 atom stereocenters. The lowest BCUT2D eigenvalue weighted by atomic mass is 9.92. The Morgan fingerprint density at radius 1 is 1.10 bits per heavy atom. The maximum absolute atomic E-state index is 10.5. The average molecular weight is 449 g/mol. The third-order valence-electron chi connectivity index (χ3n) is 5.81. The number of benzene rings is 1. The van der Waals surface area contributed by atoms with Gasteiger partial charge in [0.05, 0.1) is 13.2 Å². The van der Waals surface area contributed by atoms with E-state index in [0.717, 1.165) is 25.0 Å². The molecular formula is C23H28O5S2. The van der Waals surface area contributed by atoms with Crippen LogP contribution in [0.3, 0.4) is 0 Å². The monoisotopic (exact) mass is 448 g/mol. The fourth-order valence-corrected chi connectivity index (χ4v) is 5.73. The maximum Gasteiger partial charge on any atom is 0.132 e. The number of ether oxygens (including phenoxy) is 2. The van der Waals surface area contributed by atoms with Crippen LogP contribution in [0.25, 0.3) is 5.57 Å². The first-order chi connectivity index (χ1) is 14.5. The highest BCUT2D eigenvalue weighted by Gasteiger charge is 2.44. The molecule has 0 aliphatic carbocycles. The Balaban J connectivity index is 1.55. The van der Waals surface area contributed by atoms with E-state index in [1.165, 1.54) is 38.2 Å². The van der Waals surface area contributed by atoms with E-state index < -0.39 is 29.9 Å². The summed E-state index contributed by atoms with van der Waals surface area (Å²) < 4.78 is 11.3. The molecule has 3 N–H and O–H groups in total. The van der Waals surface area contributed by atoms with E-state index in [2.05, 4.69) is 31.2 Å². The Hall–Kier alpha value is -1.19. The highest BCUT2D eigenvalue weighted by molar-refractivity contribution is 7.99. The number of aryl methyl sites for hydroxylation is 1. The summed E-state index contributed by atoms with van der Waals surface area (Å²) in [5.41, 5.74) is 3.94. The van der Waals surface area contributed by atoms with Crippen molar-refractivity contribution in [3.05, 3.63) is 62.9 Å². The predicted molar refractivity (Wildman–Crippen MR) is 121 cm³/mol. The van der Waals surface area contributed by atoms with Crippen LogP contribution in [0.5, 0.6) is 0 Å². The normalized spacial score (nSPS) is 29.6. The maximum atomic E-state index is 10.5. The van der Waals surface area contributed by atoms with Gasteiger partial charge in [-0.05, 0) is 54.0 Å². The second kappa shape index (κ2) is 9.53. The van der Waals surface area contributed by atoms with Gasteiger partial charge in [0.15, 0.2) is 0 Å². The molecule has 5 nitrogen and oxygen atoms in total. The molecule has 1 aromatic carbocycles. The molecule has 0 radical (unpaired) electrons. The lowest BCUT2D eigenvalue weighted by Crippen LogP contribution is -2.52. The highest BCUT2D eigenvalue weighted by atomic mass is 32.2. The molecule has 4 rings (SSSR count). The first-order valence-corrected chi connectivity index (χ1v) is 12.3. The summed E-state index contributed by atoms with van der Waals surface area (Å²) in [5.74, 6) is 0. The molecule has 2 aromatic rings. The molecule has 1 saturated heterocycles. The van der Waals surface area contributed by atoms with E-state index in [1.807, 2.05) is 29.7 Å². The van der Waals surface area contributed by atoms with E-state index in [4.69, 9.17) is 9.47 Å². The molecule has 2 aliphatic heterocycles. The molecule has 0 unspecified atom stereocenters. The SMILES string of the molecule is CS[C@H]1O[C@@H](c2ccc(C)c(Cc3ccc(C4=CCOCC4)s3)c2)[C@H](O)[C@@H](O)[C@@H]1O. The van der Waals surface area contributed by atoms with Gasteiger partial charge >= 0.3 is 0 Å². The Kier molecular flexibility index (Phi) is 6.99. The van der Waals surface area contributed by atoms with Crippen LogP contribution in [0, 0.1) is 6.92 Å². The molecule has 7 heteroatoms. The van der Waals surface area contributed by atoms with Gasteiger partial charge in [-0.2, -0.15) is 0 Å². The van der Waals surface area contributed by atoms with Crippen LogP contribution in [0.1, 0.15) is 39.0 Å². The molecule has 1 fully saturated rings. The van der Waals surface area contributed by atoms with Crippen molar-refractivity contribution in [1.29, 1.82) is 0 Å². The van der Waals surface area contributed by atoms with Gasteiger partial charge in [0.2, 0.25) is 0 Å². The molecule has 0 spiro atoms. The Labute approximate surface area is 185 Å². The summed E-state index contributed by atoms with van der Waals surface area (Å²) in [5, 5.41) is 30.9. The standard InChI is InChI=1S/C23H28O5S2/c1-13-3-4-15(22-20(25)19(24)21(26)23(28-22)29-2)11-16(13)12-17-5-6-18(30-17)14-7-9-27-10-8-14/h3-7,11,19-26H,8-10,12H2,1-2H3/t19-,20-,21+,22+,23-/m1/s1. The largest absolute Gasteiger partial charge is 0.387 e. The van der Waals surface area contributed by atoms with Crippen molar-refractivity contribution in [3.8, 4) is 0 Å². The van der Waals surface area contributed by atoms with Crippen LogP contribution < -0.4 is 0 Å². The van der Waals surface area contributed by atoms with Crippen molar-refractivity contribution in [3.63, 3.8) is 0 Å². The van der Waals surface area contributed by atoms with Crippen LogP contribution in [-0.2, 0) is 15.9 Å². The summed E-state index contributed by atoms with van der Waals surface area (Å²) in [6.07, 6.45) is 1.54. The van der Waals surface area contributed by atoms with E-state index in [0.29, 0.717) is 6.61 Å². The molecule has 2 aliphatic rings. The first kappa shape index (κ1) is 22.0. The van der Waals surface area contributed by atoms with E-state index >= 15 is 0 Å². The van der Waals surface area contributed by atoms with Gasteiger partial charge in [-0.15, -0.1) is 23.1 Å². The Bertz CT molecular complexity index is 907. The van der Waals surface area contributed by atoms with Crippen molar-refractivity contribution < 1.29 is 24.8 Å². The molecule has 0 bridgehead atoms. The molecule has 0 saturated carbocycles. The zero-order chi connectivity index (χ0) is 21.3. The zero-order valence-electron chi connectivity index (χ0n) is 17.2. The van der Waals surface area contributed by atoms with Crippen molar-refractivity contribution in [2.75, 3.05) is 19.5 Å². The molecule has 3 heterocycles. The fraction of sp³-hybridized carbons (Fsp3) is 0.478. The van der Waals surface area contributed by atoms with Crippen LogP contribution in [0.15, 0.2) is 36.4 Å². The molecular weight excluding hydrogens is 420 g/mol. The van der Waals surface area contributed by atoms with Gasteiger partial charge in [-0.1, -0.05) is 24.3 Å². The third-order valence-corrected chi connectivity index (χ3v) is 7.83. The van der Waals surface area contributed by atoms with Gasteiger partial charge < -0.3 is 24.8 Å². The topological polar surface area (TPSA) is 79.2 Å². The van der Waals surface area contributed by atoms with Gasteiger partial charge in [-0.3, -0.25) is 0 Å². The third kappa shape index (κ3) is 4.53. The number of rotatable bonds is 5. The van der Waals surface area contributed by atoms with E-state index in [9.17, 15) is 15.3 Å². The molecule has 0 amide bonds. The minimum atomic E-state index is -1.24. The van der Waals surface area contributed by atoms with E-state index in [-0.39, 0.29) is 0 Å². The van der Waals surface area contributed by atoms with Gasteiger partial charge in [-0.25, -0.2) is 0 Å². The summed E-state index contributed by atoms with van der Waals surface area (Å²) in [6.45, 7) is 3.54. The van der Waals surface area contributed by atoms with Crippen molar-refractivity contribution >= 4 is 28.7 Å². The summed E-state index contributed by atoms with van der Waals surface area (Å²) in [7, 11) is 0. The van der Waals surface area contributed by atoms with Crippen LogP contribution in [0.4, 0.5) is 0 Å². The van der Waals surface area contributed by atoms with Crippen molar-refractivity contribution in [2.45, 2.75) is 49.6 Å². The summed E-state index contributed by atoms with van der Waals surface area (Å²) in [6, 6.07) is 10.4. The lowest BCUT2D eigenvalue weighted by Gasteiger charge is -2.40. The highest BCUT2D eigenvalue weighted by Crippen LogP contribution is 2.37. The summed E-state index contributed by atoms with van der Waals surface area (Å²) >= 11 is 3.14. The second-order valence-corrected chi connectivity index (χ2v) is 9.92. The number of thiophene rings is 1. The average Bonchev–Trinajstić information content (AvgIpc) is 3.23. The lowest BCUT2D eigenvalue weighted by molar-refractivity contribution is -0.200. The molecule has 1 aromatic heterocycles. The number of hydrogen-bond donors (Lipinski definition) is 3. The second-order valence-electron chi connectivity index (χ2n) is 7.82. The Morgan fingerprint density at radius 2 is 1.93 bits per heavy atom. The smallest absolute Gasteiger partial charge is 0.132 e.